The molecule has 70 valence electrons. The van der Waals surface area contributed by atoms with Gasteiger partial charge < -0.3 is 10.4 Å². The molecule has 2 nitrogen and oxygen atoms in total. The Kier molecular flexibility index (Phi) is 2.14. The number of hydrogen-bond acceptors (Lipinski definition) is 2. The first kappa shape index (κ1) is 8.78. The smallest absolute Gasteiger partial charge is 0.139 e. The SMILES string of the molecule is Oc1c(Cl)cc(F)cc1[C@H]1CCN1. The Hall–Kier alpha value is -0.800. The molecule has 1 aromatic carbocycles. The molecule has 1 aliphatic heterocycles. The summed E-state index contributed by atoms with van der Waals surface area (Å²) in [5.41, 5.74) is 0.552. The van der Waals surface area contributed by atoms with Crippen molar-refractivity contribution in [2.24, 2.45) is 0 Å². The maximum atomic E-state index is 12.9. The molecule has 0 radical (unpaired) electrons. The fourth-order valence-electron chi connectivity index (χ4n) is 1.41. The van der Waals surface area contributed by atoms with Gasteiger partial charge in [0, 0.05) is 11.6 Å². The van der Waals surface area contributed by atoms with Crippen molar-refractivity contribution >= 4 is 11.6 Å². The second-order valence-corrected chi connectivity index (χ2v) is 3.53. The van der Waals surface area contributed by atoms with Crippen molar-refractivity contribution in [1.29, 1.82) is 0 Å². The number of rotatable bonds is 1. The highest BCUT2D eigenvalue weighted by atomic mass is 35.5. The molecule has 0 spiro atoms. The quantitative estimate of drug-likeness (QED) is 0.730. The minimum atomic E-state index is -0.411. The molecular formula is C9H9ClFNO. The van der Waals surface area contributed by atoms with Crippen molar-refractivity contribution < 1.29 is 9.50 Å². The number of hydrogen-bond donors (Lipinski definition) is 2. The third kappa shape index (κ3) is 1.49. The lowest BCUT2D eigenvalue weighted by Crippen LogP contribution is -2.35. The maximum Gasteiger partial charge on any atom is 0.139 e. The van der Waals surface area contributed by atoms with E-state index >= 15 is 0 Å². The molecule has 0 aromatic heterocycles. The lowest BCUT2D eigenvalue weighted by atomic mass is 9.97. The van der Waals surface area contributed by atoms with Gasteiger partial charge in [0.15, 0.2) is 0 Å². The van der Waals surface area contributed by atoms with Crippen LogP contribution in [0.3, 0.4) is 0 Å². The van der Waals surface area contributed by atoms with Gasteiger partial charge in [-0.05, 0) is 25.1 Å². The molecular weight excluding hydrogens is 193 g/mol. The molecule has 13 heavy (non-hydrogen) atoms. The van der Waals surface area contributed by atoms with Crippen molar-refractivity contribution in [2.75, 3.05) is 6.54 Å². The van der Waals surface area contributed by atoms with Crippen LogP contribution in [0.2, 0.25) is 5.02 Å². The second-order valence-electron chi connectivity index (χ2n) is 3.12. The highest BCUT2D eigenvalue weighted by Gasteiger charge is 2.23. The van der Waals surface area contributed by atoms with Crippen LogP contribution in [0.4, 0.5) is 4.39 Å². The Labute approximate surface area is 80.3 Å². The maximum absolute atomic E-state index is 12.9. The first-order valence-electron chi connectivity index (χ1n) is 4.10. The first-order chi connectivity index (χ1) is 6.18. The van der Waals surface area contributed by atoms with Crippen molar-refractivity contribution in [3.8, 4) is 5.75 Å². The normalized spacial score (nSPS) is 21.2. The van der Waals surface area contributed by atoms with E-state index in [4.69, 9.17) is 11.6 Å². The monoisotopic (exact) mass is 201 g/mol. The molecule has 0 unspecified atom stereocenters. The van der Waals surface area contributed by atoms with Gasteiger partial charge in [0.2, 0.25) is 0 Å². The number of benzene rings is 1. The molecule has 1 aliphatic rings. The van der Waals surface area contributed by atoms with Crippen molar-refractivity contribution in [3.05, 3.63) is 28.5 Å². The van der Waals surface area contributed by atoms with E-state index < -0.39 is 5.82 Å². The van der Waals surface area contributed by atoms with Crippen molar-refractivity contribution in [1.82, 2.24) is 5.32 Å². The zero-order valence-electron chi connectivity index (χ0n) is 6.85. The number of halogens is 2. The lowest BCUT2D eigenvalue weighted by Gasteiger charge is -2.28. The fourth-order valence-corrected chi connectivity index (χ4v) is 1.62. The minimum absolute atomic E-state index is 0.0136. The van der Waals surface area contributed by atoms with Crippen molar-refractivity contribution in [3.63, 3.8) is 0 Å². The molecule has 1 atom stereocenters. The van der Waals surface area contributed by atoms with E-state index in [0.717, 1.165) is 19.0 Å². The Balaban J connectivity index is 2.42. The van der Waals surface area contributed by atoms with Crippen LogP contribution < -0.4 is 5.32 Å². The summed E-state index contributed by atoms with van der Waals surface area (Å²) in [5.74, 6) is -0.424. The summed E-state index contributed by atoms with van der Waals surface area (Å²) in [7, 11) is 0. The van der Waals surface area contributed by atoms with Crippen LogP contribution in [0.5, 0.6) is 5.75 Å². The molecule has 4 heteroatoms. The summed E-state index contributed by atoms with van der Waals surface area (Å²) in [6.45, 7) is 0.901. The van der Waals surface area contributed by atoms with Gasteiger partial charge in [-0.15, -0.1) is 0 Å². The van der Waals surface area contributed by atoms with E-state index in [1.165, 1.54) is 6.07 Å². The summed E-state index contributed by atoms with van der Waals surface area (Å²) < 4.78 is 12.9. The first-order valence-corrected chi connectivity index (χ1v) is 4.47. The molecule has 0 saturated carbocycles. The molecule has 1 fully saturated rings. The predicted molar refractivity (Wildman–Crippen MR) is 48.4 cm³/mol. The summed E-state index contributed by atoms with van der Waals surface area (Å²) in [5, 5.41) is 12.7. The van der Waals surface area contributed by atoms with Gasteiger partial charge in [-0.3, -0.25) is 0 Å². The van der Waals surface area contributed by atoms with E-state index in [0.29, 0.717) is 5.56 Å². The fraction of sp³-hybridized carbons (Fsp3) is 0.333. The highest BCUT2D eigenvalue weighted by Crippen LogP contribution is 2.36. The summed E-state index contributed by atoms with van der Waals surface area (Å²) >= 11 is 5.63. The topological polar surface area (TPSA) is 32.3 Å². The average Bonchev–Trinajstić information content (AvgIpc) is 1.95. The van der Waals surface area contributed by atoms with Gasteiger partial charge in [-0.2, -0.15) is 0 Å². The summed E-state index contributed by atoms with van der Waals surface area (Å²) in [6, 6.07) is 2.48. The Bertz CT molecular complexity index is 339. The average molecular weight is 202 g/mol. The molecule has 0 amide bonds. The second kappa shape index (κ2) is 3.16. The van der Waals surface area contributed by atoms with E-state index in [-0.39, 0.29) is 16.8 Å². The summed E-state index contributed by atoms with van der Waals surface area (Å²) in [4.78, 5) is 0. The van der Waals surface area contributed by atoms with Gasteiger partial charge >= 0.3 is 0 Å². The van der Waals surface area contributed by atoms with Crippen LogP contribution in [0.15, 0.2) is 12.1 Å². The highest BCUT2D eigenvalue weighted by molar-refractivity contribution is 6.32. The molecule has 2 N–H and O–H groups in total. The van der Waals surface area contributed by atoms with Gasteiger partial charge in [0.1, 0.15) is 11.6 Å². The van der Waals surface area contributed by atoms with Crippen LogP contribution in [0.25, 0.3) is 0 Å². The molecule has 1 heterocycles. The zero-order chi connectivity index (χ0) is 9.42. The Morgan fingerprint density at radius 3 is 2.77 bits per heavy atom. The minimum Gasteiger partial charge on any atom is -0.506 e. The van der Waals surface area contributed by atoms with E-state index in [1.807, 2.05) is 0 Å². The van der Waals surface area contributed by atoms with E-state index in [9.17, 15) is 9.50 Å². The molecule has 1 saturated heterocycles. The summed E-state index contributed by atoms with van der Waals surface area (Å²) in [6.07, 6.45) is 0.910. The Morgan fingerprint density at radius 1 is 1.54 bits per heavy atom. The van der Waals surface area contributed by atoms with Crippen LogP contribution in [-0.4, -0.2) is 11.7 Å². The van der Waals surface area contributed by atoms with Gasteiger partial charge in [-0.1, -0.05) is 11.6 Å². The Morgan fingerprint density at radius 2 is 2.23 bits per heavy atom. The lowest BCUT2D eigenvalue weighted by molar-refractivity contribution is 0.363. The molecule has 2 rings (SSSR count). The third-order valence-electron chi connectivity index (χ3n) is 2.26. The van der Waals surface area contributed by atoms with E-state index in [1.54, 1.807) is 0 Å². The van der Waals surface area contributed by atoms with Gasteiger partial charge in [-0.25, -0.2) is 4.39 Å². The van der Waals surface area contributed by atoms with Crippen molar-refractivity contribution in [2.45, 2.75) is 12.5 Å². The molecule has 1 aromatic rings. The molecule has 0 bridgehead atoms. The number of phenolic OH excluding ortho intramolecular Hbond substituents is 1. The standard InChI is InChI=1S/C9H9ClFNO/c10-7-4-5(11)3-6(9(7)13)8-1-2-12-8/h3-4,8,12-13H,1-2H2/t8-/m1/s1. The zero-order valence-corrected chi connectivity index (χ0v) is 7.61. The van der Waals surface area contributed by atoms with Crippen LogP contribution >= 0.6 is 11.6 Å². The number of phenols is 1. The van der Waals surface area contributed by atoms with Gasteiger partial charge in [0.05, 0.1) is 5.02 Å². The van der Waals surface area contributed by atoms with E-state index in [2.05, 4.69) is 5.32 Å². The predicted octanol–water partition coefficient (Wildman–Crippen LogP) is 2.22. The third-order valence-corrected chi connectivity index (χ3v) is 2.54. The van der Waals surface area contributed by atoms with Crippen LogP contribution in [-0.2, 0) is 0 Å². The van der Waals surface area contributed by atoms with Gasteiger partial charge in [0.25, 0.3) is 0 Å². The number of nitrogens with one attached hydrogen (secondary N) is 1. The van der Waals surface area contributed by atoms with Crippen LogP contribution in [0, 0.1) is 5.82 Å². The number of aromatic hydroxyl groups is 1. The molecule has 0 aliphatic carbocycles. The largest absolute Gasteiger partial charge is 0.506 e. The van der Waals surface area contributed by atoms with Crippen LogP contribution in [0.1, 0.15) is 18.0 Å².